The van der Waals surface area contributed by atoms with Gasteiger partial charge in [0.2, 0.25) is 0 Å². The Hall–Kier alpha value is -6.66. The summed E-state index contributed by atoms with van der Waals surface area (Å²) in [6.45, 7) is 0. The van der Waals surface area contributed by atoms with Crippen molar-refractivity contribution >= 4 is 49.4 Å². The second-order valence-corrected chi connectivity index (χ2v) is 11.9. The van der Waals surface area contributed by atoms with E-state index in [9.17, 15) is 0 Å². The highest BCUT2D eigenvalue weighted by molar-refractivity contribution is 6.17. The summed E-state index contributed by atoms with van der Waals surface area (Å²) in [5.74, 6) is 1.89. The van der Waals surface area contributed by atoms with Crippen molar-refractivity contribution in [3.8, 4) is 39.9 Å². The van der Waals surface area contributed by atoms with E-state index in [0.717, 1.165) is 71.8 Å². The molecule has 4 aromatic heterocycles. The maximum absolute atomic E-state index is 5.38. The highest BCUT2D eigenvalue weighted by Crippen LogP contribution is 2.38. The predicted octanol–water partition coefficient (Wildman–Crippen LogP) is 9.92. The van der Waals surface area contributed by atoms with Crippen LogP contribution in [0.1, 0.15) is 0 Å². The van der Waals surface area contributed by atoms with Gasteiger partial charge in [-0.3, -0.25) is 8.97 Å². The quantitative estimate of drug-likeness (QED) is 0.185. The van der Waals surface area contributed by atoms with Gasteiger partial charge in [-0.15, -0.1) is 0 Å². The number of hydrogen-bond acceptors (Lipinski definition) is 4. The van der Waals surface area contributed by atoms with Gasteiger partial charge in [-0.25, -0.2) is 19.9 Å². The fourth-order valence-electron chi connectivity index (χ4n) is 6.96. The Morgan fingerprint density at radius 1 is 0.375 bits per heavy atom. The minimum atomic E-state index is 0.617. The first kappa shape index (κ1) is 26.5. The molecule has 6 nitrogen and oxygen atoms in total. The summed E-state index contributed by atoms with van der Waals surface area (Å²) in [4.78, 5) is 20.4. The molecule has 4 heterocycles. The van der Waals surface area contributed by atoms with Gasteiger partial charge in [0.25, 0.3) is 0 Å². The Bertz CT molecular complexity index is 2760. The maximum atomic E-state index is 5.38. The first-order valence-corrected chi connectivity index (χ1v) is 16.0. The SMILES string of the molecule is c1ccc(-c2nc(-c3ccccc3)nc(-c3ccc4c5ccccc5c5nc6c7ccccc7n(-c7ccccc7)c6n5c4c3)n2)cc1. The van der Waals surface area contributed by atoms with Gasteiger partial charge in [0, 0.05) is 38.5 Å². The van der Waals surface area contributed by atoms with Crippen molar-refractivity contribution in [2.24, 2.45) is 0 Å². The zero-order valence-corrected chi connectivity index (χ0v) is 25.7. The van der Waals surface area contributed by atoms with Gasteiger partial charge in [0.05, 0.1) is 11.0 Å². The zero-order chi connectivity index (χ0) is 31.6. The molecular weight excluding hydrogens is 589 g/mol. The van der Waals surface area contributed by atoms with Crippen LogP contribution in [0.4, 0.5) is 0 Å². The molecule has 10 aromatic rings. The van der Waals surface area contributed by atoms with Crippen LogP contribution in [0.3, 0.4) is 0 Å². The Morgan fingerprint density at radius 3 is 1.58 bits per heavy atom. The Morgan fingerprint density at radius 2 is 0.917 bits per heavy atom. The molecule has 0 amide bonds. The van der Waals surface area contributed by atoms with Crippen LogP contribution in [0.5, 0.6) is 0 Å². The van der Waals surface area contributed by atoms with Crippen LogP contribution in [-0.2, 0) is 0 Å². The molecule has 48 heavy (non-hydrogen) atoms. The summed E-state index contributed by atoms with van der Waals surface area (Å²) in [6, 6.07) is 54.3. The molecule has 0 N–H and O–H groups in total. The minimum Gasteiger partial charge on any atom is -0.294 e. The number of hydrogen-bond donors (Lipinski definition) is 0. The van der Waals surface area contributed by atoms with Crippen LogP contribution in [0, 0.1) is 0 Å². The number of pyridine rings is 1. The first-order chi connectivity index (χ1) is 23.8. The molecule has 224 valence electrons. The van der Waals surface area contributed by atoms with E-state index in [1.807, 2.05) is 60.7 Å². The number of aromatic nitrogens is 6. The summed E-state index contributed by atoms with van der Waals surface area (Å²) in [6.07, 6.45) is 0. The molecule has 0 bridgehead atoms. The summed E-state index contributed by atoms with van der Waals surface area (Å²) in [5, 5.41) is 4.51. The average molecular weight is 615 g/mol. The van der Waals surface area contributed by atoms with Crippen molar-refractivity contribution < 1.29 is 0 Å². The third-order valence-corrected chi connectivity index (χ3v) is 9.13. The predicted molar refractivity (Wildman–Crippen MR) is 194 cm³/mol. The van der Waals surface area contributed by atoms with Crippen molar-refractivity contribution in [2.75, 3.05) is 0 Å². The van der Waals surface area contributed by atoms with Crippen LogP contribution in [0.2, 0.25) is 0 Å². The Balaban J connectivity index is 1.33. The first-order valence-electron chi connectivity index (χ1n) is 16.0. The molecule has 0 atom stereocenters. The smallest absolute Gasteiger partial charge is 0.164 e. The highest BCUT2D eigenvalue weighted by atomic mass is 15.2. The molecule has 0 aliphatic carbocycles. The van der Waals surface area contributed by atoms with Crippen molar-refractivity contribution in [2.45, 2.75) is 0 Å². The Kier molecular flexibility index (Phi) is 5.77. The van der Waals surface area contributed by atoms with Crippen LogP contribution < -0.4 is 0 Å². The summed E-state index contributed by atoms with van der Waals surface area (Å²) in [5.41, 5.74) is 8.93. The number of nitrogens with zero attached hydrogens (tertiary/aromatic N) is 6. The van der Waals surface area contributed by atoms with Gasteiger partial charge in [-0.2, -0.15) is 0 Å². The number of imidazole rings is 1. The van der Waals surface area contributed by atoms with Crippen molar-refractivity contribution in [3.05, 3.63) is 158 Å². The van der Waals surface area contributed by atoms with Crippen LogP contribution in [0.25, 0.3) is 89.2 Å². The zero-order valence-electron chi connectivity index (χ0n) is 25.7. The standard InChI is InChI=1S/C42H26N6/c1-4-14-27(15-5-1)38-44-39(28-16-6-2-7-17-28)46-40(45-38)29-24-25-32-31-20-10-11-21-33(31)41-43-37-34-22-12-13-23-35(34)47(30-18-8-3-9-19-30)42(37)48(41)36(32)26-29/h1-26H. The lowest BCUT2D eigenvalue weighted by molar-refractivity contribution is 1.07. The van der Waals surface area contributed by atoms with Crippen molar-refractivity contribution in [1.82, 2.24) is 28.9 Å². The highest BCUT2D eigenvalue weighted by Gasteiger charge is 2.22. The molecular formula is C42H26N6. The third kappa shape index (κ3) is 3.99. The largest absolute Gasteiger partial charge is 0.294 e. The molecule has 0 saturated carbocycles. The normalized spacial score (nSPS) is 11.8. The van der Waals surface area contributed by atoms with E-state index in [0.29, 0.717) is 17.5 Å². The monoisotopic (exact) mass is 614 g/mol. The second kappa shape index (κ2) is 10.4. The molecule has 6 heteroatoms. The van der Waals surface area contributed by atoms with Gasteiger partial charge in [0.15, 0.2) is 23.1 Å². The fraction of sp³-hybridized carbons (Fsp3) is 0. The molecule has 10 rings (SSSR count). The summed E-state index contributed by atoms with van der Waals surface area (Å²) in [7, 11) is 0. The minimum absolute atomic E-state index is 0.617. The van der Waals surface area contributed by atoms with E-state index < -0.39 is 0 Å². The van der Waals surface area contributed by atoms with Crippen LogP contribution in [0.15, 0.2) is 158 Å². The molecule has 0 spiro atoms. The van der Waals surface area contributed by atoms with Gasteiger partial charge >= 0.3 is 0 Å². The molecule has 6 aromatic carbocycles. The lowest BCUT2D eigenvalue weighted by Gasteiger charge is -2.13. The Labute approximate surface area is 275 Å². The summed E-state index contributed by atoms with van der Waals surface area (Å²) < 4.78 is 4.65. The number of benzene rings is 6. The van der Waals surface area contributed by atoms with E-state index in [1.54, 1.807) is 0 Å². The van der Waals surface area contributed by atoms with E-state index in [2.05, 4.69) is 106 Å². The van der Waals surface area contributed by atoms with Crippen molar-refractivity contribution in [3.63, 3.8) is 0 Å². The maximum Gasteiger partial charge on any atom is 0.164 e. The van der Waals surface area contributed by atoms with E-state index in [1.165, 1.54) is 0 Å². The second-order valence-electron chi connectivity index (χ2n) is 11.9. The van der Waals surface area contributed by atoms with Gasteiger partial charge in [-0.05, 0) is 29.7 Å². The van der Waals surface area contributed by atoms with Crippen LogP contribution in [-0.4, -0.2) is 28.9 Å². The molecule has 0 radical (unpaired) electrons. The lowest BCUT2D eigenvalue weighted by Crippen LogP contribution is -2.01. The van der Waals surface area contributed by atoms with Crippen LogP contribution >= 0.6 is 0 Å². The van der Waals surface area contributed by atoms with Gasteiger partial charge < -0.3 is 0 Å². The number of rotatable bonds is 4. The topological polar surface area (TPSA) is 60.9 Å². The number of fused-ring (bicyclic) bond motifs is 10. The van der Waals surface area contributed by atoms with E-state index >= 15 is 0 Å². The van der Waals surface area contributed by atoms with E-state index in [4.69, 9.17) is 19.9 Å². The lowest BCUT2D eigenvalue weighted by atomic mass is 10.0. The average Bonchev–Trinajstić information content (AvgIpc) is 3.71. The van der Waals surface area contributed by atoms with Crippen molar-refractivity contribution in [1.29, 1.82) is 0 Å². The van der Waals surface area contributed by atoms with Gasteiger partial charge in [0.1, 0.15) is 11.2 Å². The summed E-state index contributed by atoms with van der Waals surface area (Å²) >= 11 is 0. The molecule has 0 aliphatic rings. The molecule has 0 saturated heterocycles. The molecule has 0 fully saturated rings. The van der Waals surface area contributed by atoms with Gasteiger partial charge in [-0.1, -0.05) is 133 Å². The third-order valence-electron chi connectivity index (χ3n) is 9.13. The molecule has 0 unspecified atom stereocenters. The van der Waals surface area contributed by atoms with E-state index in [-0.39, 0.29) is 0 Å². The number of para-hydroxylation sites is 2. The fourth-order valence-corrected chi connectivity index (χ4v) is 6.96. The molecule has 0 aliphatic heterocycles.